The summed E-state index contributed by atoms with van der Waals surface area (Å²) in [5, 5.41) is 0. The average Bonchev–Trinajstić information content (AvgIpc) is 2.95. The number of piperazine rings is 1. The van der Waals surface area contributed by atoms with Gasteiger partial charge in [-0.2, -0.15) is 0 Å². The summed E-state index contributed by atoms with van der Waals surface area (Å²) in [4.78, 5) is 17.4. The van der Waals surface area contributed by atoms with Crippen molar-refractivity contribution in [3.8, 4) is 17.2 Å². The van der Waals surface area contributed by atoms with Crippen LogP contribution in [0.1, 0.15) is 5.56 Å². The van der Waals surface area contributed by atoms with Crippen LogP contribution < -0.4 is 23.4 Å². The predicted octanol–water partition coefficient (Wildman–Crippen LogP) is 3.56. The van der Waals surface area contributed by atoms with Crippen LogP contribution in [0.3, 0.4) is 0 Å². The molecule has 1 heterocycles. The Labute approximate surface area is 224 Å². The molecule has 38 heavy (non-hydrogen) atoms. The van der Waals surface area contributed by atoms with Crippen molar-refractivity contribution in [1.82, 2.24) is 4.90 Å². The summed E-state index contributed by atoms with van der Waals surface area (Å²) < 4.78 is 45.2. The van der Waals surface area contributed by atoms with Crippen LogP contribution in [0.15, 0.2) is 71.6 Å². The highest BCUT2D eigenvalue weighted by Gasteiger charge is 2.32. The van der Waals surface area contributed by atoms with Crippen molar-refractivity contribution in [3.05, 3.63) is 72.3 Å². The molecule has 3 aromatic rings. The van der Waals surface area contributed by atoms with Gasteiger partial charge >= 0.3 is 0 Å². The molecule has 9 nitrogen and oxygen atoms in total. The highest BCUT2D eigenvalue weighted by Crippen LogP contribution is 2.32. The van der Waals surface area contributed by atoms with E-state index in [1.54, 1.807) is 54.5 Å². The fraction of sp³-hybridized carbons (Fsp3) is 0.321. The van der Waals surface area contributed by atoms with Gasteiger partial charge in [-0.1, -0.05) is 18.2 Å². The van der Waals surface area contributed by atoms with Crippen LogP contribution in [0.4, 0.5) is 11.4 Å². The Morgan fingerprint density at radius 3 is 2.13 bits per heavy atom. The molecule has 10 heteroatoms. The molecule has 1 saturated heterocycles. The zero-order valence-corrected chi connectivity index (χ0v) is 22.9. The van der Waals surface area contributed by atoms with Gasteiger partial charge < -0.3 is 24.0 Å². The third-order valence-electron chi connectivity index (χ3n) is 6.58. The second-order valence-electron chi connectivity index (χ2n) is 8.90. The van der Waals surface area contributed by atoms with Crippen LogP contribution >= 0.6 is 0 Å². The van der Waals surface area contributed by atoms with E-state index in [4.69, 9.17) is 14.2 Å². The number of hydrogen-bond acceptors (Lipinski definition) is 7. The second-order valence-corrected chi connectivity index (χ2v) is 10.7. The minimum absolute atomic E-state index is 0.00427. The molecule has 202 valence electrons. The van der Waals surface area contributed by atoms with E-state index in [1.807, 2.05) is 31.2 Å². The number of anilines is 2. The molecule has 0 atom stereocenters. The van der Waals surface area contributed by atoms with Gasteiger partial charge in [-0.15, -0.1) is 0 Å². The zero-order chi connectivity index (χ0) is 27.3. The SMILES string of the molecule is COc1ccc(N(CC(=O)N2CCN(c3ccccc3OC)CC2)S(=O)(=O)c2cc(C)ccc2OC)cc1. The van der Waals surface area contributed by atoms with Gasteiger partial charge in [-0.05, 0) is 61.0 Å². The fourth-order valence-electron chi connectivity index (χ4n) is 4.48. The number of aryl methyl sites for hydroxylation is 1. The van der Waals surface area contributed by atoms with Crippen molar-refractivity contribution in [1.29, 1.82) is 0 Å². The quantitative estimate of drug-likeness (QED) is 0.411. The molecule has 0 aliphatic carbocycles. The molecule has 1 amide bonds. The summed E-state index contributed by atoms with van der Waals surface area (Å²) in [6.45, 7) is 3.59. The molecule has 3 aromatic carbocycles. The maximum absolute atomic E-state index is 14.0. The Kier molecular flexibility index (Phi) is 8.31. The third kappa shape index (κ3) is 5.65. The number of hydrogen-bond donors (Lipinski definition) is 0. The molecule has 0 bridgehead atoms. The summed E-state index contributed by atoms with van der Waals surface area (Å²) >= 11 is 0. The fourth-order valence-corrected chi connectivity index (χ4v) is 6.14. The van der Waals surface area contributed by atoms with E-state index in [0.717, 1.165) is 21.3 Å². The Balaban J connectivity index is 1.59. The van der Waals surface area contributed by atoms with Gasteiger partial charge in [-0.25, -0.2) is 8.42 Å². The Hall–Kier alpha value is -3.92. The summed E-state index contributed by atoms with van der Waals surface area (Å²) in [6, 6.07) is 19.3. The van der Waals surface area contributed by atoms with Crippen LogP contribution in [-0.2, 0) is 14.8 Å². The van der Waals surface area contributed by atoms with Gasteiger partial charge in [0.25, 0.3) is 10.0 Å². The van der Waals surface area contributed by atoms with E-state index in [9.17, 15) is 13.2 Å². The third-order valence-corrected chi connectivity index (χ3v) is 8.38. The number of nitrogens with zero attached hydrogens (tertiary/aromatic N) is 3. The summed E-state index contributed by atoms with van der Waals surface area (Å²) in [7, 11) is 0.454. The maximum Gasteiger partial charge on any atom is 0.268 e. The molecule has 0 N–H and O–H groups in total. The number of methoxy groups -OCH3 is 3. The van der Waals surface area contributed by atoms with Crippen LogP contribution in [0.5, 0.6) is 17.2 Å². The van der Waals surface area contributed by atoms with Gasteiger partial charge in [0, 0.05) is 26.2 Å². The number of carbonyl (C=O) groups is 1. The van der Waals surface area contributed by atoms with Crippen LogP contribution in [-0.4, -0.2) is 73.3 Å². The smallest absolute Gasteiger partial charge is 0.268 e. The molecule has 4 rings (SSSR count). The highest BCUT2D eigenvalue weighted by molar-refractivity contribution is 7.93. The highest BCUT2D eigenvalue weighted by atomic mass is 32.2. The van der Waals surface area contributed by atoms with Gasteiger partial charge in [0.1, 0.15) is 28.7 Å². The first kappa shape index (κ1) is 27.1. The van der Waals surface area contributed by atoms with Crippen molar-refractivity contribution in [2.45, 2.75) is 11.8 Å². The molecule has 0 saturated carbocycles. The van der Waals surface area contributed by atoms with Gasteiger partial charge in [0.15, 0.2) is 0 Å². The maximum atomic E-state index is 14.0. The van der Waals surface area contributed by atoms with Gasteiger partial charge in [0.2, 0.25) is 5.91 Å². The average molecular weight is 540 g/mol. The van der Waals surface area contributed by atoms with Crippen molar-refractivity contribution in [2.24, 2.45) is 0 Å². The number of benzene rings is 3. The summed E-state index contributed by atoms with van der Waals surface area (Å²) in [6.07, 6.45) is 0. The lowest BCUT2D eigenvalue weighted by Gasteiger charge is -2.37. The van der Waals surface area contributed by atoms with Crippen LogP contribution in [0, 0.1) is 6.92 Å². The first-order valence-electron chi connectivity index (χ1n) is 12.3. The molecule has 0 radical (unpaired) electrons. The van der Waals surface area contributed by atoms with Gasteiger partial charge in [0.05, 0.1) is 32.7 Å². The number of rotatable bonds is 9. The van der Waals surface area contributed by atoms with E-state index in [-0.39, 0.29) is 23.1 Å². The Morgan fingerprint density at radius 2 is 1.50 bits per heavy atom. The minimum atomic E-state index is -4.14. The molecular weight excluding hydrogens is 506 g/mol. The summed E-state index contributed by atoms with van der Waals surface area (Å²) in [5.41, 5.74) is 2.09. The zero-order valence-electron chi connectivity index (χ0n) is 22.1. The number of sulfonamides is 1. The Morgan fingerprint density at radius 1 is 0.842 bits per heavy atom. The lowest BCUT2D eigenvalue weighted by molar-refractivity contribution is -0.129. The first-order valence-corrected chi connectivity index (χ1v) is 13.7. The van der Waals surface area contributed by atoms with E-state index in [0.29, 0.717) is 37.6 Å². The predicted molar refractivity (Wildman–Crippen MR) is 147 cm³/mol. The monoisotopic (exact) mass is 539 g/mol. The molecule has 1 aliphatic rings. The van der Waals surface area contributed by atoms with Gasteiger partial charge in [-0.3, -0.25) is 9.10 Å². The number of carbonyl (C=O) groups excluding carboxylic acids is 1. The minimum Gasteiger partial charge on any atom is -0.497 e. The molecule has 0 spiro atoms. The van der Waals surface area contributed by atoms with E-state index >= 15 is 0 Å². The van der Waals surface area contributed by atoms with Crippen LogP contribution in [0.2, 0.25) is 0 Å². The number of para-hydroxylation sites is 2. The van der Waals surface area contributed by atoms with E-state index in [1.165, 1.54) is 14.2 Å². The molecule has 0 unspecified atom stereocenters. The topological polar surface area (TPSA) is 88.6 Å². The summed E-state index contributed by atoms with van der Waals surface area (Å²) in [5.74, 6) is 1.29. The standard InChI is InChI=1S/C28H33N3O6S/c1-21-9-14-26(37-4)27(19-21)38(33,34)31(22-10-12-23(35-2)13-11-22)20-28(32)30-17-15-29(16-18-30)24-7-5-6-8-25(24)36-3/h5-14,19H,15-18,20H2,1-4H3. The number of amides is 1. The Bertz CT molecular complexity index is 1370. The molecular formula is C28H33N3O6S. The normalized spacial score (nSPS) is 13.7. The van der Waals surface area contributed by atoms with Crippen molar-refractivity contribution in [3.63, 3.8) is 0 Å². The lowest BCUT2D eigenvalue weighted by atomic mass is 10.2. The molecule has 0 aromatic heterocycles. The first-order chi connectivity index (χ1) is 18.3. The van der Waals surface area contributed by atoms with Crippen molar-refractivity contribution in [2.75, 3.05) is 63.3 Å². The van der Waals surface area contributed by atoms with Crippen molar-refractivity contribution < 1.29 is 27.4 Å². The molecule has 1 aliphatic heterocycles. The second kappa shape index (κ2) is 11.6. The largest absolute Gasteiger partial charge is 0.497 e. The van der Waals surface area contributed by atoms with Crippen molar-refractivity contribution >= 4 is 27.3 Å². The lowest BCUT2D eigenvalue weighted by Crippen LogP contribution is -2.52. The number of ether oxygens (including phenoxy) is 3. The van der Waals surface area contributed by atoms with E-state index in [2.05, 4.69) is 4.90 Å². The van der Waals surface area contributed by atoms with E-state index < -0.39 is 10.0 Å². The molecule has 1 fully saturated rings. The van der Waals surface area contributed by atoms with Crippen LogP contribution in [0.25, 0.3) is 0 Å².